The van der Waals surface area contributed by atoms with E-state index < -0.39 is 0 Å². The number of piperidine rings is 1. The minimum absolute atomic E-state index is 0.203. The number of nitrogens with zero attached hydrogens (tertiary/aromatic N) is 1. The molecule has 2 aromatic carbocycles. The summed E-state index contributed by atoms with van der Waals surface area (Å²) in [6.07, 6.45) is 4.05. The second kappa shape index (κ2) is 7.68. The smallest absolute Gasteiger partial charge is 0.127 e. The fourth-order valence-corrected chi connectivity index (χ4v) is 5.33. The van der Waals surface area contributed by atoms with E-state index in [1.54, 1.807) is 7.11 Å². The van der Waals surface area contributed by atoms with Gasteiger partial charge in [0.25, 0.3) is 0 Å². The van der Waals surface area contributed by atoms with Crippen LogP contribution in [0.1, 0.15) is 72.4 Å². The lowest BCUT2D eigenvalue weighted by Crippen LogP contribution is -2.31. The number of hydrogen-bond acceptors (Lipinski definition) is 3. The van der Waals surface area contributed by atoms with Crippen molar-refractivity contribution in [3.63, 3.8) is 0 Å². The van der Waals surface area contributed by atoms with Gasteiger partial charge in [-0.2, -0.15) is 0 Å². The Morgan fingerprint density at radius 1 is 0.966 bits per heavy atom. The van der Waals surface area contributed by atoms with Crippen molar-refractivity contribution in [3.8, 4) is 11.5 Å². The Hall–Kier alpha value is -2.00. The van der Waals surface area contributed by atoms with Crippen molar-refractivity contribution >= 4 is 0 Å². The molecule has 29 heavy (non-hydrogen) atoms. The minimum atomic E-state index is -0.287. The van der Waals surface area contributed by atoms with Gasteiger partial charge in [-0.3, -0.25) is 4.90 Å². The van der Waals surface area contributed by atoms with Crippen molar-refractivity contribution in [2.45, 2.75) is 71.9 Å². The number of rotatable bonds is 4. The summed E-state index contributed by atoms with van der Waals surface area (Å²) in [6.45, 7) is 14.4. The molecule has 0 radical (unpaired) electrons. The molecule has 0 amide bonds. The fourth-order valence-electron chi connectivity index (χ4n) is 5.33. The first-order chi connectivity index (χ1) is 13.8. The lowest BCUT2D eigenvalue weighted by molar-refractivity contribution is 0.121. The zero-order valence-corrected chi connectivity index (χ0v) is 18.9. The van der Waals surface area contributed by atoms with Gasteiger partial charge in [-0.25, -0.2) is 0 Å². The molecule has 2 aliphatic heterocycles. The molecule has 0 bridgehead atoms. The van der Waals surface area contributed by atoms with Crippen molar-refractivity contribution in [2.75, 3.05) is 20.2 Å². The summed E-state index contributed by atoms with van der Waals surface area (Å²) in [6, 6.07) is 9.24. The number of methoxy groups -OCH3 is 1. The van der Waals surface area contributed by atoms with E-state index in [1.165, 1.54) is 65.7 Å². The van der Waals surface area contributed by atoms with Gasteiger partial charge in [-0.05, 0) is 88.4 Å². The number of benzene rings is 2. The van der Waals surface area contributed by atoms with Crippen LogP contribution in [0, 0.1) is 20.8 Å². The molecule has 4 rings (SSSR count). The molecular weight excluding hydrogens is 358 g/mol. The molecule has 0 aromatic heterocycles. The minimum Gasteiger partial charge on any atom is -0.496 e. The van der Waals surface area contributed by atoms with E-state index in [2.05, 4.69) is 63.8 Å². The van der Waals surface area contributed by atoms with Gasteiger partial charge in [-0.15, -0.1) is 0 Å². The van der Waals surface area contributed by atoms with Crippen LogP contribution in [0.15, 0.2) is 24.3 Å². The van der Waals surface area contributed by atoms with Crippen molar-refractivity contribution < 1.29 is 9.47 Å². The van der Waals surface area contributed by atoms with Crippen LogP contribution in [-0.2, 0) is 6.54 Å². The predicted octanol–water partition coefficient (Wildman–Crippen LogP) is 5.91. The van der Waals surface area contributed by atoms with Crippen molar-refractivity contribution in [1.82, 2.24) is 4.90 Å². The Balaban J connectivity index is 1.69. The van der Waals surface area contributed by atoms with Crippen LogP contribution in [0.3, 0.4) is 0 Å². The van der Waals surface area contributed by atoms with Gasteiger partial charge in [0.05, 0.1) is 13.0 Å². The summed E-state index contributed by atoms with van der Waals surface area (Å²) in [5.41, 5.74) is 7.31. The molecule has 3 heteroatoms. The lowest BCUT2D eigenvalue weighted by atomic mass is 9.78. The number of fused-ring (bicyclic) bond motifs is 1. The molecule has 2 aliphatic rings. The summed E-state index contributed by atoms with van der Waals surface area (Å²) in [4.78, 5) is 2.58. The van der Waals surface area contributed by atoms with Crippen LogP contribution < -0.4 is 9.47 Å². The molecular formula is C26H35NO2. The zero-order chi connectivity index (χ0) is 20.8. The molecule has 0 N–H and O–H groups in total. The molecule has 156 valence electrons. The fraction of sp³-hybridized carbons (Fsp3) is 0.538. The van der Waals surface area contributed by atoms with Crippen LogP contribution in [0.2, 0.25) is 0 Å². The lowest BCUT2D eigenvalue weighted by Gasteiger charge is -2.28. The van der Waals surface area contributed by atoms with Gasteiger partial charge in [-0.1, -0.05) is 30.7 Å². The van der Waals surface area contributed by atoms with Crippen LogP contribution >= 0.6 is 0 Å². The van der Waals surface area contributed by atoms with E-state index in [9.17, 15) is 0 Å². The van der Waals surface area contributed by atoms with Gasteiger partial charge in [0.2, 0.25) is 0 Å². The van der Waals surface area contributed by atoms with E-state index >= 15 is 0 Å². The quantitative estimate of drug-likeness (QED) is 0.644. The van der Waals surface area contributed by atoms with Crippen molar-refractivity contribution in [3.05, 3.63) is 57.6 Å². The first kappa shape index (κ1) is 20.3. The summed E-state index contributed by atoms with van der Waals surface area (Å²) < 4.78 is 12.3. The molecule has 2 aromatic rings. The largest absolute Gasteiger partial charge is 0.496 e. The van der Waals surface area contributed by atoms with E-state index in [0.29, 0.717) is 0 Å². The average Bonchev–Trinajstić information content (AvgIpc) is 3.00. The molecule has 1 unspecified atom stereocenters. The first-order valence-corrected chi connectivity index (χ1v) is 11.0. The standard InChI is InChI=1S/C26H35NO2/c1-17-18(2)25-22(19(3)24(17)28-6)23(26(4,5)29-25)21-12-10-20(11-13-21)16-27-14-8-7-9-15-27/h10-13,23H,7-9,14-16H2,1-6H3. The molecule has 3 nitrogen and oxygen atoms in total. The molecule has 1 atom stereocenters. The zero-order valence-electron chi connectivity index (χ0n) is 18.9. The van der Waals surface area contributed by atoms with Crippen LogP contribution in [0.4, 0.5) is 0 Å². The molecule has 0 aliphatic carbocycles. The Bertz CT molecular complexity index is 892. The van der Waals surface area contributed by atoms with Gasteiger partial charge in [0, 0.05) is 12.1 Å². The predicted molar refractivity (Wildman–Crippen MR) is 119 cm³/mol. The summed E-state index contributed by atoms with van der Waals surface area (Å²) in [7, 11) is 1.77. The monoisotopic (exact) mass is 393 g/mol. The topological polar surface area (TPSA) is 21.7 Å². The van der Waals surface area contributed by atoms with Crippen LogP contribution in [0.25, 0.3) is 0 Å². The third kappa shape index (κ3) is 3.54. The Morgan fingerprint density at radius 3 is 2.24 bits per heavy atom. The van der Waals surface area contributed by atoms with E-state index in [1.807, 2.05) is 0 Å². The number of likely N-dealkylation sites (tertiary alicyclic amines) is 1. The summed E-state index contributed by atoms with van der Waals surface area (Å²) >= 11 is 0. The van der Waals surface area contributed by atoms with E-state index in [4.69, 9.17) is 9.47 Å². The van der Waals surface area contributed by atoms with E-state index in [-0.39, 0.29) is 11.5 Å². The maximum atomic E-state index is 6.54. The highest BCUT2D eigenvalue weighted by Crippen LogP contribution is 2.53. The third-order valence-corrected chi connectivity index (χ3v) is 6.95. The normalized spacial score (nSPS) is 21.0. The maximum Gasteiger partial charge on any atom is 0.127 e. The third-order valence-electron chi connectivity index (χ3n) is 6.95. The first-order valence-electron chi connectivity index (χ1n) is 11.0. The average molecular weight is 394 g/mol. The summed E-state index contributed by atoms with van der Waals surface area (Å²) in [5, 5.41) is 0. The Labute approximate surface area is 176 Å². The highest BCUT2D eigenvalue weighted by molar-refractivity contribution is 5.64. The molecule has 1 fully saturated rings. The number of ether oxygens (including phenoxy) is 2. The van der Waals surface area contributed by atoms with Crippen molar-refractivity contribution in [2.24, 2.45) is 0 Å². The van der Waals surface area contributed by atoms with Crippen molar-refractivity contribution in [1.29, 1.82) is 0 Å². The highest BCUT2D eigenvalue weighted by Gasteiger charge is 2.45. The van der Waals surface area contributed by atoms with Gasteiger partial charge in [0.15, 0.2) is 0 Å². The number of hydrogen-bond donors (Lipinski definition) is 0. The van der Waals surface area contributed by atoms with Crippen LogP contribution in [0.5, 0.6) is 11.5 Å². The molecule has 0 spiro atoms. The highest BCUT2D eigenvalue weighted by atomic mass is 16.5. The SMILES string of the molecule is COc1c(C)c(C)c2c(c1C)C(c1ccc(CN3CCCCC3)cc1)C(C)(C)O2. The Kier molecular flexibility index (Phi) is 5.37. The van der Waals surface area contributed by atoms with Gasteiger partial charge >= 0.3 is 0 Å². The molecule has 1 saturated heterocycles. The second-order valence-corrected chi connectivity index (χ2v) is 9.37. The van der Waals surface area contributed by atoms with Gasteiger partial charge < -0.3 is 9.47 Å². The molecule has 0 saturated carbocycles. The van der Waals surface area contributed by atoms with Crippen LogP contribution in [-0.4, -0.2) is 30.7 Å². The molecule has 2 heterocycles. The maximum absolute atomic E-state index is 6.54. The summed E-state index contributed by atoms with van der Waals surface area (Å²) in [5.74, 6) is 2.25. The van der Waals surface area contributed by atoms with Gasteiger partial charge in [0.1, 0.15) is 17.1 Å². The second-order valence-electron chi connectivity index (χ2n) is 9.37. The Morgan fingerprint density at radius 2 is 1.62 bits per heavy atom. The van der Waals surface area contributed by atoms with E-state index in [0.717, 1.165) is 18.0 Å².